The minimum absolute atomic E-state index is 0.903. The van der Waals surface area contributed by atoms with E-state index in [0.29, 0.717) is 0 Å². The molecule has 0 aromatic rings. The van der Waals surface area contributed by atoms with Gasteiger partial charge in [0.15, 0.2) is 0 Å². The first-order valence-corrected chi connectivity index (χ1v) is 5.41. The van der Waals surface area contributed by atoms with Crippen LogP contribution in [-0.2, 0) is 0 Å². The summed E-state index contributed by atoms with van der Waals surface area (Å²) in [5.41, 5.74) is 0. The highest BCUT2D eigenvalue weighted by atomic mass is 15.1. The standard InChI is InChI=1S/C11H23N/c1-4-11-6-5-7-12(3)9-10(2)8-11/h10-11H,4-9H2,1-3H3. The summed E-state index contributed by atoms with van der Waals surface area (Å²) in [4.78, 5) is 2.48. The minimum Gasteiger partial charge on any atom is -0.306 e. The van der Waals surface area contributed by atoms with Crippen LogP contribution < -0.4 is 0 Å². The van der Waals surface area contributed by atoms with E-state index in [1.165, 1.54) is 38.8 Å². The molecule has 0 N–H and O–H groups in total. The van der Waals surface area contributed by atoms with Crippen molar-refractivity contribution >= 4 is 0 Å². The second-order valence-electron chi connectivity index (χ2n) is 4.52. The third-order valence-corrected chi connectivity index (χ3v) is 3.09. The van der Waals surface area contributed by atoms with Crippen molar-refractivity contribution in [3.05, 3.63) is 0 Å². The zero-order valence-corrected chi connectivity index (χ0v) is 8.84. The van der Waals surface area contributed by atoms with E-state index >= 15 is 0 Å². The molecule has 1 aliphatic heterocycles. The molecular formula is C11H23N. The average molecular weight is 169 g/mol. The maximum absolute atomic E-state index is 2.48. The van der Waals surface area contributed by atoms with Crippen molar-refractivity contribution in [2.45, 2.75) is 39.5 Å². The van der Waals surface area contributed by atoms with E-state index in [4.69, 9.17) is 0 Å². The lowest BCUT2D eigenvalue weighted by Gasteiger charge is -2.28. The predicted molar refractivity (Wildman–Crippen MR) is 54.3 cm³/mol. The molecule has 2 atom stereocenters. The zero-order valence-electron chi connectivity index (χ0n) is 8.84. The Labute approximate surface area is 77.1 Å². The summed E-state index contributed by atoms with van der Waals surface area (Å²) >= 11 is 0. The van der Waals surface area contributed by atoms with Gasteiger partial charge in [-0.15, -0.1) is 0 Å². The maximum Gasteiger partial charge on any atom is 0.000407 e. The van der Waals surface area contributed by atoms with Crippen LogP contribution in [0.4, 0.5) is 0 Å². The summed E-state index contributed by atoms with van der Waals surface area (Å²) in [6.45, 7) is 7.34. The fourth-order valence-electron chi connectivity index (χ4n) is 2.41. The Balaban J connectivity index is 2.37. The molecule has 0 bridgehead atoms. The normalized spacial score (nSPS) is 34.2. The molecule has 2 unspecified atom stereocenters. The molecule has 1 rings (SSSR count). The van der Waals surface area contributed by atoms with Crippen LogP contribution in [0.15, 0.2) is 0 Å². The number of nitrogens with zero attached hydrogens (tertiary/aromatic N) is 1. The van der Waals surface area contributed by atoms with Crippen LogP contribution >= 0.6 is 0 Å². The number of hydrogen-bond donors (Lipinski definition) is 0. The maximum atomic E-state index is 2.48. The summed E-state index contributed by atoms with van der Waals surface area (Å²) in [5, 5.41) is 0. The minimum atomic E-state index is 0.903. The van der Waals surface area contributed by atoms with Crippen LogP contribution in [0.25, 0.3) is 0 Å². The number of hydrogen-bond acceptors (Lipinski definition) is 1. The lowest BCUT2D eigenvalue weighted by molar-refractivity contribution is 0.211. The van der Waals surface area contributed by atoms with Crippen molar-refractivity contribution in [2.75, 3.05) is 20.1 Å². The molecule has 0 aromatic carbocycles. The Morgan fingerprint density at radius 2 is 2.17 bits per heavy atom. The van der Waals surface area contributed by atoms with Crippen LogP contribution in [0.3, 0.4) is 0 Å². The Morgan fingerprint density at radius 3 is 2.83 bits per heavy atom. The van der Waals surface area contributed by atoms with E-state index in [2.05, 4.69) is 25.8 Å². The van der Waals surface area contributed by atoms with Crippen LogP contribution in [0.1, 0.15) is 39.5 Å². The molecule has 12 heavy (non-hydrogen) atoms. The van der Waals surface area contributed by atoms with Gasteiger partial charge in [0.1, 0.15) is 0 Å². The van der Waals surface area contributed by atoms with Gasteiger partial charge in [-0.2, -0.15) is 0 Å². The average Bonchev–Trinajstić information content (AvgIpc) is 1.99. The molecule has 0 radical (unpaired) electrons. The second kappa shape index (κ2) is 4.86. The highest BCUT2D eigenvalue weighted by molar-refractivity contribution is 4.69. The van der Waals surface area contributed by atoms with Crippen LogP contribution in [0.2, 0.25) is 0 Å². The summed E-state index contributed by atoms with van der Waals surface area (Å²) in [5.74, 6) is 1.91. The van der Waals surface area contributed by atoms with Gasteiger partial charge in [0.05, 0.1) is 0 Å². The van der Waals surface area contributed by atoms with Crippen LogP contribution in [0, 0.1) is 11.8 Å². The van der Waals surface area contributed by atoms with E-state index in [1.807, 2.05) is 0 Å². The van der Waals surface area contributed by atoms with Gasteiger partial charge in [0.25, 0.3) is 0 Å². The van der Waals surface area contributed by atoms with Crippen molar-refractivity contribution in [3.8, 4) is 0 Å². The SMILES string of the molecule is CCC1CCCN(C)CC(C)C1. The highest BCUT2D eigenvalue weighted by Gasteiger charge is 2.16. The van der Waals surface area contributed by atoms with Crippen molar-refractivity contribution < 1.29 is 0 Å². The first kappa shape index (κ1) is 10.0. The van der Waals surface area contributed by atoms with Gasteiger partial charge in [-0.1, -0.05) is 20.3 Å². The fourth-order valence-corrected chi connectivity index (χ4v) is 2.41. The molecule has 1 nitrogen and oxygen atoms in total. The predicted octanol–water partition coefficient (Wildman–Crippen LogP) is 2.76. The number of rotatable bonds is 1. The molecule has 1 heteroatoms. The molecule has 0 aliphatic carbocycles. The molecule has 0 amide bonds. The van der Waals surface area contributed by atoms with E-state index in [9.17, 15) is 0 Å². The second-order valence-corrected chi connectivity index (χ2v) is 4.52. The van der Waals surface area contributed by atoms with Crippen molar-refractivity contribution in [3.63, 3.8) is 0 Å². The summed E-state index contributed by atoms with van der Waals surface area (Å²) in [6, 6.07) is 0. The van der Waals surface area contributed by atoms with Crippen molar-refractivity contribution in [1.82, 2.24) is 4.90 Å². The molecule has 1 heterocycles. The quantitative estimate of drug-likeness (QED) is 0.583. The first-order valence-electron chi connectivity index (χ1n) is 5.41. The van der Waals surface area contributed by atoms with E-state index in [1.54, 1.807) is 0 Å². The lowest BCUT2D eigenvalue weighted by atomic mass is 9.88. The van der Waals surface area contributed by atoms with E-state index in [0.717, 1.165) is 11.8 Å². The highest BCUT2D eigenvalue weighted by Crippen LogP contribution is 2.23. The first-order chi connectivity index (χ1) is 5.72. The molecular weight excluding hydrogens is 146 g/mol. The molecule has 1 aliphatic rings. The van der Waals surface area contributed by atoms with Gasteiger partial charge in [0, 0.05) is 6.54 Å². The topological polar surface area (TPSA) is 3.24 Å². The van der Waals surface area contributed by atoms with Gasteiger partial charge in [-0.05, 0) is 44.7 Å². The van der Waals surface area contributed by atoms with Crippen LogP contribution in [0.5, 0.6) is 0 Å². The molecule has 0 aromatic heterocycles. The molecule has 1 saturated heterocycles. The molecule has 1 fully saturated rings. The smallest absolute Gasteiger partial charge is 0.000407 e. The third kappa shape index (κ3) is 3.14. The Kier molecular flexibility index (Phi) is 4.07. The van der Waals surface area contributed by atoms with Crippen molar-refractivity contribution in [2.24, 2.45) is 11.8 Å². The van der Waals surface area contributed by atoms with Gasteiger partial charge in [-0.3, -0.25) is 0 Å². The summed E-state index contributed by atoms with van der Waals surface area (Å²) in [6.07, 6.45) is 5.68. The van der Waals surface area contributed by atoms with Gasteiger partial charge in [0.2, 0.25) is 0 Å². The summed E-state index contributed by atoms with van der Waals surface area (Å²) < 4.78 is 0. The summed E-state index contributed by atoms with van der Waals surface area (Å²) in [7, 11) is 2.25. The van der Waals surface area contributed by atoms with Crippen molar-refractivity contribution in [1.29, 1.82) is 0 Å². The Morgan fingerprint density at radius 1 is 1.42 bits per heavy atom. The van der Waals surface area contributed by atoms with Gasteiger partial charge < -0.3 is 4.90 Å². The zero-order chi connectivity index (χ0) is 8.97. The lowest BCUT2D eigenvalue weighted by Crippen LogP contribution is -2.29. The van der Waals surface area contributed by atoms with Gasteiger partial charge >= 0.3 is 0 Å². The number of likely N-dealkylation sites (tertiary alicyclic amines) is 1. The van der Waals surface area contributed by atoms with Crippen LogP contribution in [-0.4, -0.2) is 25.0 Å². The van der Waals surface area contributed by atoms with E-state index in [-0.39, 0.29) is 0 Å². The Hall–Kier alpha value is -0.0400. The molecule has 0 spiro atoms. The Bertz CT molecular complexity index is 122. The monoisotopic (exact) mass is 169 g/mol. The largest absolute Gasteiger partial charge is 0.306 e. The van der Waals surface area contributed by atoms with Gasteiger partial charge in [-0.25, -0.2) is 0 Å². The third-order valence-electron chi connectivity index (χ3n) is 3.09. The fraction of sp³-hybridized carbons (Fsp3) is 1.00. The van der Waals surface area contributed by atoms with E-state index < -0.39 is 0 Å². The molecule has 0 saturated carbocycles. The molecule has 72 valence electrons.